The van der Waals surface area contributed by atoms with Crippen LogP contribution in [0.1, 0.15) is 18.4 Å². The van der Waals surface area contributed by atoms with Crippen molar-refractivity contribution in [2.75, 3.05) is 27.3 Å². The largest absolute Gasteiger partial charge is 0.496 e. The first-order valence-electron chi connectivity index (χ1n) is 8.36. The summed E-state index contributed by atoms with van der Waals surface area (Å²) in [5, 5.41) is 11.1. The van der Waals surface area contributed by atoms with E-state index in [2.05, 4.69) is 0 Å². The average molecular weight is 345 g/mol. The van der Waals surface area contributed by atoms with Gasteiger partial charge in [-0.15, -0.1) is 0 Å². The SMILES string of the molecule is COc1cc(COC2CCCN(C(=O)O)C2)c(OC)c2ccccc12. The number of rotatable bonds is 5. The fraction of sp³-hybridized carbons (Fsp3) is 0.421. The lowest BCUT2D eigenvalue weighted by atomic mass is 10.0. The highest BCUT2D eigenvalue weighted by atomic mass is 16.5. The van der Waals surface area contributed by atoms with Crippen LogP contribution in [0.3, 0.4) is 0 Å². The van der Waals surface area contributed by atoms with Gasteiger partial charge >= 0.3 is 6.09 Å². The second-order valence-corrected chi connectivity index (χ2v) is 6.12. The van der Waals surface area contributed by atoms with E-state index in [4.69, 9.17) is 19.3 Å². The molecule has 6 heteroatoms. The molecule has 1 unspecified atom stereocenters. The third-order valence-electron chi connectivity index (χ3n) is 4.58. The molecule has 1 heterocycles. The van der Waals surface area contributed by atoms with Crippen molar-refractivity contribution in [2.45, 2.75) is 25.6 Å². The second kappa shape index (κ2) is 7.61. The molecule has 1 N–H and O–H groups in total. The molecule has 0 saturated carbocycles. The summed E-state index contributed by atoms with van der Waals surface area (Å²) in [5.41, 5.74) is 0.894. The van der Waals surface area contributed by atoms with Crippen LogP contribution in [-0.4, -0.2) is 49.5 Å². The minimum atomic E-state index is -0.891. The van der Waals surface area contributed by atoms with Crippen molar-refractivity contribution in [1.29, 1.82) is 0 Å². The first-order chi connectivity index (χ1) is 12.1. The lowest BCUT2D eigenvalue weighted by Gasteiger charge is -2.30. The lowest BCUT2D eigenvalue weighted by Crippen LogP contribution is -2.42. The van der Waals surface area contributed by atoms with E-state index in [1.54, 1.807) is 14.2 Å². The van der Waals surface area contributed by atoms with Crippen LogP contribution in [0.4, 0.5) is 4.79 Å². The predicted octanol–water partition coefficient (Wildman–Crippen LogP) is 3.52. The number of likely N-dealkylation sites (tertiary alicyclic amines) is 1. The van der Waals surface area contributed by atoms with Gasteiger partial charge in [0, 0.05) is 22.9 Å². The summed E-state index contributed by atoms with van der Waals surface area (Å²) in [5.74, 6) is 1.54. The summed E-state index contributed by atoms with van der Waals surface area (Å²) >= 11 is 0. The molecule has 1 amide bonds. The Morgan fingerprint density at radius 2 is 2.00 bits per heavy atom. The number of carbonyl (C=O) groups is 1. The van der Waals surface area contributed by atoms with Crippen LogP contribution < -0.4 is 9.47 Å². The topological polar surface area (TPSA) is 68.2 Å². The van der Waals surface area contributed by atoms with Gasteiger partial charge in [0.1, 0.15) is 11.5 Å². The number of benzene rings is 2. The lowest BCUT2D eigenvalue weighted by molar-refractivity contribution is -0.00668. The fourth-order valence-electron chi connectivity index (χ4n) is 3.34. The van der Waals surface area contributed by atoms with E-state index >= 15 is 0 Å². The van der Waals surface area contributed by atoms with Crippen LogP contribution >= 0.6 is 0 Å². The second-order valence-electron chi connectivity index (χ2n) is 6.12. The van der Waals surface area contributed by atoms with Crippen molar-refractivity contribution >= 4 is 16.9 Å². The molecule has 0 aromatic heterocycles. The quantitative estimate of drug-likeness (QED) is 0.898. The number of nitrogens with zero attached hydrogens (tertiary/aromatic N) is 1. The molecular weight excluding hydrogens is 322 g/mol. The van der Waals surface area contributed by atoms with Crippen molar-refractivity contribution < 1.29 is 24.1 Å². The zero-order valence-corrected chi connectivity index (χ0v) is 14.5. The van der Waals surface area contributed by atoms with E-state index in [-0.39, 0.29) is 6.10 Å². The molecule has 0 radical (unpaired) electrons. The Kier molecular flexibility index (Phi) is 5.28. The van der Waals surface area contributed by atoms with Crippen molar-refractivity contribution in [3.8, 4) is 11.5 Å². The minimum absolute atomic E-state index is 0.105. The maximum atomic E-state index is 11.1. The van der Waals surface area contributed by atoms with E-state index < -0.39 is 6.09 Å². The molecule has 1 saturated heterocycles. The molecule has 6 nitrogen and oxygen atoms in total. The molecule has 1 atom stereocenters. The minimum Gasteiger partial charge on any atom is -0.496 e. The summed E-state index contributed by atoms with van der Waals surface area (Å²) < 4.78 is 17.1. The average Bonchev–Trinajstić information content (AvgIpc) is 2.65. The summed E-state index contributed by atoms with van der Waals surface area (Å²) in [7, 11) is 3.29. The first-order valence-corrected chi connectivity index (χ1v) is 8.36. The highest BCUT2D eigenvalue weighted by Gasteiger charge is 2.24. The van der Waals surface area contributed by atoms with Crippen molar-refractivity contribution in [3.63, 3.8) is 0 Å². The Hall–Kier alpha value is -2.47. The summed E-state index contributed by atoms with van der Waals surface area (Å²) in [6.07, 6.45) is 0.677. The zero-order valence-electron chi connectivity index (χ0n) is 14.5. The van der Waals surface area contributed by atoms with Crippen LogP contribution in [0, 0.1) is 0 Å². The third-order valence-corrected chi connectivity index (χ3v) is 4.58. The normalized spacial score (nSPS) is 17.5. The van der Waals surface area contributed by atoms with Gasteiger partial charge in [0.15, 0.2) is 0 Å². The van der Waals surface area contributed by atoms with Gasteiger partial charge in [-0.2, -0.15) is 0 Å². The molecule has 3 rings (SSSR count). The molecule has 0 aliphatic carbocycles. The Bertz CT molecular complexity index is 761. The highest BCUT2D eigenvalue weighted by molar-refractivity contribution is 5.94. The highest BCUT2D eigenvalue weighted by Crippen LogP contribution is 2.37. The van der Waals surface area contributed by atoms with Gasteiger partial charge in [0.25, 0.3) is 0 Å². The summed E-state index contributed by atoms with van der Waals surface area (Å²) in [4.78, 5) is 12.5. The van der Waals surface area contributed by atoms with Crippen LogP contribution in [0.25, 0.3) is 10.8 Å². The van der Waals surface area contributed by atoms with E-state index in [0.29, 0.717) is 19.7 Å². The van der Waals surface area contributed by atoms with E-state index in [9.17, 15) is 4.79 Å². The molecule has 25 heavy (non-hydrogen) atoms. The number of carboxylic acid groups (broad SMARTS) is 1. The van der Waals surface area contributed by atoms with Gasteiger partial charge in [-0.05, 0) is 18.9 Å². The van der Waals surface area contributed by atoms with Gasteiger partial charge in [-0.1, -0.05) is 24.3 Å². The number of methoxy groups -OCH3 is 2. The van der Waals surface area contributed by atoms with E-state index in [1.165, 1.54) is 4.90 Å². The predicted molar refractivity (Wildman–Crippen MR) is 94.5 cm³/mol. The van der Waals surface area contributed by atoms with Gasteiger partial charge in [-0.3, -0.25) is 0 Å². The molecule has 2 aromatic rings. The van der Waals surface area contributed by atoms with E-state index in [0.717, 1.165) is 40.7 Å². The van der Waals surface area contributed by atoms with Gasteiger partial charge in [0.05, 0.1) is 33.5 Å². The van der Waals surface area contributed by atoms with Crippen LogP contribution in [0.15, 0.2) is 30.3 Å². The van der Waals surface area contributed by atoms with Crippen LogP contribution in [0.2, 0.25) is 0 Å². The molecule has 0 bridgehead atoms. The monoisotopic (exact) mass is 345 g/mol. The molecule has 1 aliphatic heterocycles. The molecular formula is C19H23NO5. The van der Waals surface area contributed by atoms with Gasteiger partial charge in [0.2, 0.25) is 0 Å². The van der Waals surface area contributed by atoms with Crippen molar-refractivity contribution in [3.05, 3.63) is 35.9 Å². The summed E-state index contributed by atoms with van der Waals surface area (Å²) in [6, 6.07) is 9.84. The Balaban J connectivity index is 1.82. The van der Waals surface area contributed by atoms with Crippen molar-refractivity contribution in [1.82, 2.24) is 4.90 Å². The maximum Gasteiger partial charge on any atom is 0.407 e. The molecule has 1 aliphatic rings. The molecule has 134 valence electrons. The standard InChI is InChI=1S/C19H23NO5/c1-23-17-10-13(18(24-2)16-8-4-3-7-15(16)17)12-25-14-6-5-9-20(11-14)19(21)22/h3-4,7-8,10,14H,5-6,9,11-12H2,1-2H3,(H,21,22). The molecule has 1 fully saturated rings. The van der Waals surface area contributed by atoms with Gasteiger partial charge < -0.3 is 24.2 Å². The third kappa shape index (κ3) is 3.64. The number of hydrogen-bond acceptors (Lipinski definition) is 4. The Morgan fingerprint density at radius 1 is 1.24 bits per heavy atom. The van der Waals surface area contributed by atoms with Crippen molar-refractivity contribution in [2.24, 2.45) is 0 Å². The number of piperidine rings is 1. The maximum absolute atomic E-state index is 11.1. The number of amides is 1. The number of fused-ring (bicyclic) bond motifs is 1. The number of hydrogen-bond donors (Lipinski definition) is 1. The smallest absolute Gasteiger partial charge is 0.407 e. The molecule has 0 spiro atoms. The van der Waals surface area contributed by atoms with E-state index in [1.807, 2.05) is 30.3 Å². The first kappa shape index (κ1) is 17.4. The van der Waals surface area contributed by atoms with Gasteiger partial charge in [-0.25, -0.2) is 4.79 Å². The zero-order chi connectivity index (χ0) is 17.8. The number of ether oxygens (including phenoxy) is 3. The van der Waals surface area contributed by atoms with Crippen LogP contribution in [-0.2, 0) is 11.3 Å². The fourth-order valence-corrected chi connectivity index (χ4v) is 3.34. The molecule has 2 aromatic carbocycles. The van der Waals surface area contributed by atoms with Crippen LogP contribution in [0.5, 0.6) is 11.5 Å². The Labute approximate surface area is 146 Å². The Morgan fingerprint density at radius 3 is 2.68 bits per heavy atom. The summed E-state index contributed by atoms with van der Waals surface area (Å²) in [6.45, 7) is 1.33.